The van der Waals surface area contributed by atoms with Crippen molar-refractivity contribution in [2.45, 2.75) is 26.4 Å². The van der Waals surface area contributed by atoms with E-state index in [0.717, 1.165) is 34.1 Å². The van der Waals surface area contributed by atoms with Crippen molar-refractivity contribution in [3.63, 3.8) is 0 Å². The van der Waals surface area contributed by atoms with E-state index < -0.39 is 0 Å². The summed E-state index contributed by atoms with van der Waals surface area (Å²) < 4.78 is 5.73. The Morgan fingerprint density at radius 2 is 1.88 bits per heavy atom. The number of aromatic nitrogens is 1. The van der Waals surface area contributed by atoms with E-state index in [4.69, 9.17) is 4.74 Å². The molecule has 5 heteroatoms. The van der Waals surface area contributed by atoms with Gasteiger partial charge in [-0.25, -0.2) is 4.98 Å². The molecule has 1 aromatic heterocycles. The van der Waals surface area contributed by atoms with Crippen molar-refractivity contribution >= 4 is 22.9 Å². The Morgan fingerprint density at radius 1 is 1.12 bits per heavy atom. The average Bonchev–Trinajstić information content (AvgIpc) is 3.11. The van der Waals surface area contributed by atoms with Crippen LogP contribution in [-0.4, -0.2) is 10.9 Å². The van der Waals surface area contributed by atoms with Crippen LogP contribution < -0.4 is 10.1 Å². The Morgan fingerprint density at radius 3 is 2.60 bits per heavy atom. The number of amides is 1. The molecule has 1 heterocycles. The summed E-state index contributed by atoms with van der Waals surface area (Å²) in [4.78, 5) is 16.2. The molecule has 128 valence electrons. The van der Waals surface area contributed by atoms with E-state index in [1.54, 1.807) is 11.3 Å². The number of carbonyl (C=O) groups excluding carboxylic acids is 1. The molecule has 0 spiro atoms. The number of para-hydroxylation sites is 1. The maximum atomic E-state index is 11.6. The molecule has 1 amide bonds. The zero-order valence-corrected chi connectivity index (χ0v) is 14.9. The maximum Gasteiger partial charge on any atom is 0.224 e. The first-order valence-electron chi connectivity index (χ1n) is 8.27. The normalized spacial score (nSPS) is 10.4. The lowest BCUT2D eigenvalue weighted by molar-refractivity contribution is -0.116. The first-order chi connectivity index (χ1) is 12.2. The first-order valence-corrected chi connectivity index (χ1v) is 9.15. The fourth-order valence-electron chi connectivity index (χ4n) is 2.35. The number of nitrogens with zero attached hydrogens (tertiary/aromatic N) is 1. The van der Waals surface area contributed by atoms with Gasteiger partial charge in [0.2, 0.25) is 5.91 Å². The quantitative estimate of drug-likeness (QED) is 0.641. The summed E-state index contributed by atoms with van der Waals surface area (Å²) in [6.07, 6.45) is 1.38. The number of carbonyl (C=O) groups is 1. The van der Waals surface area contributed by atoms with Crippen LogP contribution in [0.3, 0.4) is 0 Å². The van der Waals surface area contributed by atoms with Gasteiger partial charge in [0.05, 0.1) is 5.69 Å². The summed E-state index contributed by atoms with van der Waals surface area (Å²) in [6, 6.07) is 17.5. The number of thiazole rings is 1. The zero-order valence-electron chi connectivity index (χ0n) is 14.1. The second kappa shape index (κ2) is 8.44. The van der Waals surface area contributed by atoms with Gasteiger partial charge in [-0.1, -0.05) is 37.3 Å². The molecule has 0 saturated carbocycles. The maximum absolute atomic E-state index is 11.6. The lowest BCUT2D eigenvalue weighted by Crippen LogP contribution is -2.10. The monoisotopic (exact) mass is 352 g/mol. The minimum atomic E-state index is 0.0456. The molecule has 0 aliphatic heterocycles. The summed E-state index contributed by atoms with van der Waals surface area (Å²) >= 11 is 1.58. The number of anilines is 1. The molecule has 0 aliphatic rings. The van der Waals surface area contributed by atoms with Crippen LogP contribution in [0.25, 0.3) is 11.3 Å². The Labute approximate surface area is 151 Å². The smallest absolute Gasteiger partial charge is 0.224 e. The minimum absolute atomic E-state index is 0.0456. The van der Waals surface area contributed by atoms with Gasteiger partial charge in [-0.2, -0.15) is 0 Å². The van der Waals surface area contributed by atoms with E-state index in [-0.39, 0.29) is 5.91 Å². The van der Waals surface area contributed by atoms with Crippen LogP contribution in [0.2, 0.25) is 0 Å². The number of benzene rings is 2. The van der Waals surface area contributed by atoms with Crippen molar-refractivity contribution in [2.24, 2.45) is 0 Å². The third-order valence-electron chi connectivity index (χ3n) is 3.60. The van der Waals surface area contributed by atoms with Gasteiger partial charge in [-0.15, -0.1) is 11.3 Å². The lowest BCUT2D eigenvalue weighted by Gasteiger charge is -2.05. The number of ether oxygens (including phenoxy) is 1. The summed E-state index contributed by atoms with van der Waals surface area (Å²) in [6.45, 7) is 2.45. The highest BCUT2D eigenvalue weighted by Crippen LogP contribution is 2.24. The van der Waals surface area contributed by atoms with Gasteiger partial charge < -0.3 is 10.1 Å². The highest BCUT2D eigenvalue weighted by molar-refractivity contribution is 7.09. The van der Waals surface area contributed by atoms with Crippen LogP contribution in [-0.2, 0) is 11.4 Å². The van der Waals surface area contributed by atoms with E-state index in [9.17, 15) is 4.79 Å². The van der Waals surface area contributed by atoms with Gasteiger partial charge in [-0.05, 0) is 30.7 Å². The van der Waals surface area contributed by atoms with Gasteiger partial charge in [0.25, 0.3) is 0 Å². The van der Waals surface area contributed by atoms with Crippen LogP contribution in [0.5, 0.6) is 5.75 Å². The molecule has 1 N–H and O–H groups in total. The number of hydrogen-bond acceptors (Lipinski definition) is 4. The SMILES string of the molecule is CCCC(=O)Nc1ccc(-c2csc(COc3ccccc3)n2)cc1. The lowest BCUT2D eigenvalue weighted by atomic mass is 10.1. The van der Waals surface area contributed by atoms with Crippen molar-refractivity contribution in [3.05, 3.63) is 65.0 Å². The molecule has 0 aliphatic carbocycles. The van der Waals surface area contributed by atoms with Crippen molar-refractivity contribution in [1.82, 2.24) is 4.98 Å². The second-order valence-corrected chi connectivity index (χ2v) is 6.55. The van der Waals surface area contributed by atoms with Crippen LogP contribution >= 0.6 is 11.3 Å². The van der Waals surface area contributed by atoms with Crippen LogP contribution in [0.1, 0.15) is 24.8 Å². The molecule has 0 radical (unpaired) electrons. The number of nitrogens with one attached hydrogen (secondary N) is 1. The fraction of sp³-hybridized carbons (Fsp3) is 0.200. The van der Waals surface area contributed by atoms with E-state index in [1.165, 1.54) is 0 Å². The third-order valence-corrected chi connectivity index (χ3v) is 4.42. The molecule has 2 aromatic carbocycles. The minimum Gasteiger partial charge on any atom is -0.486 e. The first kappa shape index (κ1) is 17.2. The van der Waals surface area contributed by atoms with E-state index in [1.807, 2.05) is 66.9 Å². The molecular weight excluding hydrogens is 332 g/mol. The number of rotatable bonds is 7. The largest absolute Gasteiger partial charge is 0.486 e. The van der Waals surface area contributed by atoms with Crippen molar-refractivity contribution in [1.29, 1.82) is 0 Å². The highest BCUT2D eigenvalue weighted by atomic mass is 32.1. The highest BCUT2D eigenvalue weighted by Gasteiger charge is 2.06. The van der Waals surface area contributed by atoms with Gasteiger partial charge >= 0.3 is 0 Å². The Hall–Kier alpha value is -2.66. The van der Waals surface area contributed by atoms with E-state index in [0.29, 0.717) is 13.0 Å². The standard InChI is InChI=1S/C20H20N2O2S/c1-2-6-19(23)21-16-11-9-15(10-12-16)18-14-25-20(22-18)13-24-17-7-4-3-5-8-17/h3-5,7-12,14H,2,6,13H2,1H3,(H,21,23). The molecule has 0 saturated heterocycles. The van der Waals surface area contributed by atoms with Gasteiger partial charge in [0.15, 0.2) is 0 Å². The molecule has 3 rings (SSSR count). The molecule has 0 atom stereocenters. The predicted molar refractivity (Wildman–Crippen MR) is 102 cm³/mol. The van der Waals surface area contributed by atoms with Crippen molar-refractivity contribution in [2.75, 3.05) is 5.32 Å². The average molecular weight is 352 g/mol. The van der Waals surface area contributed by atoms with Crippen molar-refractivity contribution in [3.8, 4) is 17.0 Å². The fourth-order valence-corrected chi connectivity index (χ4v) is 3.06. The molecule has 0 unspecified atom stereocenters. The Kier molecular flexibility index (Phi) is 5.80. The zero-order chi connectivity index (χ0) is 17.5. The Balaban J connectivity index is 1.61. The Bertz CT molecular complexity index is 813. The third kappa shape index (κ3) is 4.90. The molecule has 0 fully saturated rings. The summed E-state index contributed by atoms with van der Waals surface area (Å²) in [5, 5.41) is 5.84. The van der Waals surface area contributed by atoms with E-state index >= 15 is 0 Å². The summed E-state index contributed by atoms with van der Waals surface area (Å²) in [5.41, 5.74) is 2.75. The van der Waals surface area contributed by atoms with Crippen LogP contribution in [0, 0.1) is 0 Å². The van der Waals surface area contributed by atoms with E-state index in [2.05, 4.69) is 10.3 Å². The van der Waals surface area contributed by atoms with Crippen LogP contribution in [0.4, 0.5) is 5.69 Å². The van der Waals surface area contributed by atoms with Crippen LogP contribution in [0.15, 0.2) is 60.0 Å². The number of hydrogen-bond donors (Lipinski definition) is 1. The van der Waals surface area contributed by atoms with Crippen molar-refractivity contribution < 1.29 is 9.53 Å². The van der Waals surface area contributed by atoms with Gasteiger partial charge in [0.1, 0.15) is 17.4 Å². The molecule has 0 bridgehead atoms. The molecule has 4 nitrogen and oxygen atoms in total. The summed E-state index contributed by atoms with van der Waals surface area (Å²) in [5.74, 6) is 0.885. The summed E-state index contributed by atoms with van der Waals surface area (Å²) in [7, 11) is 0. The predicted octanol–water partition coefficient (Wildman–Crippen LogP) is 5.13. The molecule has 25 heavy (non-hydrogen) atoms. The van der Waals surface area contributed by atoms with Gasteiger partial charge in [0, 0.05) is 23.1 Å². The molecule has 3 aromatic rings. The molecular formula is C20H20N2O2S. The topological polar surface area (TPSA) is 51.2 Å². The van der Waals surface area contributed by atoms with Gasteiger partial charge in [-0.3, -0.25) is 4.79 Å². The second-order valence-electron chi connectivity index (χ2n) is 5.60.